The third kappa shape index (κ3) is 9.41. The van der Waals surface area contributed by atoms with E-state index in [1.165, 1.54) is 16.0 Å². The quantitative estimate of drug-likeness (QED) is 0.162. The van der Waals surface area contributed by atoms with Gasteiger partial charge in [-0.05, 0) is 53.4 Å². The minimum atomic E-state index is -0.935. The zero-order valence-corrected chi connectivity index (χ0v) is 26.1. The number of hydrogen-bond donors (Lipinski definition) is 1. The maximum Gasteiger partial charge on any atom is 0.407 e. The lowest BCUT2D eigenvalue weighted by Gasteiger charge is -2.37. The standard InChI is InChI=1S/C34H41N5O7/c1-42-31-9-4-3-8-28(31)24-43-19-6-20-44-29-13-11-26(12-14-29)30-16-17-38(34(40)41)23-33(30)46-22-21-45-32-10-5-2-7-27(32)15-18-39-36-25-35-37-39/h2-5,7-14,25,30,33H,6,15-24H2,1H3,(H,40,41). The smallest absolute Gasteiger partial charge is 0.407 e. The molecule has 2 atom stereocenters. The van der Waals surface area contributed by atoms with Crippen LogP contribution in [0.25, 0.3) is 0 Å². The Hall–Kier alpha value is -4.68. The first-order chi connectivity index (χ1) is 22.6. The van der Waals surface area contributed by atoms with Gasteiger partial charge in [0.25, 0.3) is 0 Å². The molecule has 1 N–H and O–H groups in total. The highest BCUT2D eigenvalue weighted by Crippen LogP contribution is 2.32. The Labute approximate surface area is 268 Å². The van der Waals surface area contributed by atoms with Crippen molar-refractivity contribution < 1.29 is 33.6 Å². The van der Waals surface area contributed by atoms with E-state index in [-0.39, 0.29) is 12.0 Å². The number of nitrogens with zero attached hydrogens (tertiary/aromatic N) is 5. The summed E-state index contributed by atoms with van der Waals surface area (Å²) in [6, 6.07) is 23.7. The van der Waals surface area contributed by atoms with Crippen LogP contribution in [0.3, 0.4) is 0 Å². The lowest BCUT2D eigenvalue weighted by atomic mass is 9.87. The summed E-state index contributed by atoms with van der Waals surface area (Å²) < 4.78 is 29.5. The van der Waals surface area contributed by atoms with Crippen LogP contribution in [0.1, 0.15) is 35.4 Å². The molecule has 12 nitrogen and oxygen atoms in total. The summed E-state index contributed by atoms with van der Waals surface area (Å²) in [7, 11) is 1.66. The molecule has 46 heavy (non-hydrogen) atoms. The van der Waals surface area contributed by atoms with Crippen LogP contribution in [0.2, 0.25) is 0 Å². The second-order valence-electron chi connectivity index (χ2n) is 10.9. The first-order valence-electron chi connectivity index (χ1n) is 15.5. The summed E-state index contributed by atoms with van der Waals surface area (Å²) in [5.41, 5.74) is 3.15. The highest BCUT2D eigenvalue weighted by atomic mass is 16.5. The Balaban J connectivity index is 1.08. The zero-order valence-electron chi connectivity index (χ0n) is 26.1. The molecule has 1 amide bonds. The van der Waals surface area contributed by atoms with Crippen LogP contribution in [-0.2, 0) is 29.0 Å². The summed E-state index contributed by atoms with van der Waals surface area (Å²) in [5.74, 6) is 2.43. The number of tetrazole rings is 1. The van der Waals surface area contributed by atoms with Crippen molar-refractivity contribution in [3.63, 3.8) is 0 Å². The molecule has 1 saturated heterocycles. The monoisotopic (exact) mass is 631 g/mol. The molecule has 1 aliphatic rings. The SMILES string of the molecule is COc1ccccc1COCCCOc1ccc(C2CCN(C(=O)O)CC2OCCOc2ccccc2CCn2ncnn2)cc1. The van der Waals surface area contributed by atoms with Gasteiger partial charge >= 0.3 is 6.09 Å². The van der Waals surface area contributed by atoms with Gasteiger partial charge in [-0.1, -0.05) is 48.5 Å². The highest BCUT2D eigenvalue weighted by Gasteiger charge is 2.33. The molecule has 0 saturated carbocycles. The molecule has 0 radical (unpaired) electrons. The lowest BCUT2D eigenvalue weighted by molar-refractivity contribution is -0.0207. The van der Waals surface area contributed by atoms with Crippen molar-refractivity contribution in [1.29, 1.82) is 0 Å². The molecule has 1 fully saturated rings. The lowest BCUT2D eigenvalue weighted by Crippen LogP contribution is -2.46. The van der Waals surface area contributed by atoms with E-state index in [0.717, 1.165) is 40.4 Å². The zero-order chi connectivity index (χ0) is 32.0. The van der Waals surface area contributed by atoms with Gasteiger partial charge in [-0.15, -0.1) is 10.2 Å². The van der Waals surface area contributed by atoms with E-state index in [1.807, 2.05) is 72.8 Å². The van der Waals surface area contributed by atoms with Gasteiger partial charge < -0.3 is 33.7 Å². The third-order valence-electron chi connectivity index (χ3n) is 7.91. The number of aromatic nitrogens is 4. The molecule has 2 unspecified atom stereocenters. The van der Waals surface area contributed by atoms with Crippen LogP contribution in [0.4, 0.5) is 4.79 Å². The van der Waals surface area contributed by atoms with Crippen molar-refractivity contribution in [1.82, 2.24) is 25.1 Å². The number of likely N-dealkylation sites (tertiary alicyclic amines) is 1. The molecular formula is C34H41N5O7. The molecule has 12 heteroatoms. The molecular weight excluding hydrogens is 590 g/mol. The number of ether oxygens (including phenoxy) is 5. The van der Waals surface area contributed by atoms with Crippen LogP contribution < -0.4 is 14.2 Å². The number of carboxylic acid groups (broad SMARTS) is 1. The molecule has 0 spiro atoms. The van der Waals surface area contributed by atoms with Gasteiger partial charge in [-0.25, -0.2) is 4.79 Å². The summed E-state index contributed by atoms with van der Waals surface area (Å²) in [6.45, 7) is 3.62. The van der Waals surface area contributed by atoms with E-state index in [9.17, 15) is 9.90 Å². The summed E-state index contributed by atoms with van der Waals surface area (Å²) in [4.78, 5) is 14.7. The molecule has 0 bridgehead atoms. The largest absolute Gasteiger partial charge is 0.496 e. The molecule has 0 aliphatic carbocycles. The number of hydrogen-bond acceptors (Lipinski definition) is 9. The van der Waals surface area contributed by atoms with E-state index in [0.29, 0.717) is 65.5 Å². The van der Waals surface area contributed by atoms with Crippen LogP contribution in [0.5, 0.6) is 17.2 Å². The molecule has 5 rings (SSSR count). The van der Waals surface area contributed by atoms with Crippen molar-refractivity contribution in [2.75, 3.05) is 46.6 Å². The van der Waals surface area contributed by atoms with Gasteiger partial charge in [0, 0.05) is 24.4 Å². The van der Waals surface area contributed by atoms with E-state index in [4.69, 9.17) is 23.7 Å². The number of piperidine rings is 1. The molecule has 1 aromatic heterocycles. The second kappa shape index (κ2) is 17.1. The van der Waals surface area contributed by atoms with Crippen LogP contribution in [-0.4, -0.2) is 89.0 Å². The van der Waals surface area contributed by atoms with Crippen molar-refractivity contribution in [3.05, 3.63) is 95.8 Å². The average Bonchev–Trinajstić information content (AvgIpc) is 3.62. The Morgan fingerprint density at radius 2 is 1.70 bits per heavy atom. The molecule has 1 aliphatic heterocycles. The Morgan fingerprint density at radius 3 is 2.46 bits per heavy atom. The van der Waals surface area contributed by atoms with Crippen molar-refractivity contribution in [3.8, 4) is 17.2 Å². The van der Waals surface area contributed by atoms with Crippen LogP contribution in [0, 0.1) is 0 Å². The van der Waals surface area contributed by atoms with Gasteiger partial charge in [-0.3, -0.25) is 0 Å². The van der Waals surface area contributed by atoms with E-state index in [2.05, 4.69) is 15.4 Å². The number of para-hydroxylation sites is 2. The Morgan fingerprint density at radius 1 is 0.913 bits per heavy atom. The van der Waals surface area contributed by atoms with Crippen molar-refractivity contribution >= 4 is 6.09 Å². The fourth-order valence-corrected chi connectivity index (χ4v) is 5.52. The number of methoxy groups -OCH3 is 1. The van der Waals surface area contributed by atoms with Gasteiger partial charge in [0.1, 0.15) is 23.9 Å². The highest BCUT2D eigenvalue weighted by molar-refractivity contribution is 5.65. The number of benzene rings is 3. The number of rotatable bonds is 17. The minimum absolute atomic E-state index is 0.0514. The molecule has 4 aromatic rings. The average molecular weight is 632 g/mol. The van der Waals surface area contributed by atoms with E-state index < -0.39 is 6.09 Å². The van der Waals surface area contributed by atoms with Gasteiger partial charge in [0.15, 0.2) is 6.33 Å². The fraction of sp³-hybridized carbons (Fsp3) is 0.412. The molecule has 2 heterocycles. The maximum atomic E-state index is 11.8. The number of aryl methyl sites for hydroxylation is 2. The maximum absolute atomic E-state index is 11.8. The number of carbonyl (C=O) groups is 1. The summed E-state index contributed by atoms with van der Waals surface area (Å²) >= 11 is 0. The first kappa shape index (κ1) is 32.7. The predicted molar refractivity (Wildman–Crippen MR) is 169 cm³/mol. The van der Waals surface area contributed by atoms with E-state index >= 15 is 0 Å². The normalized spacial score (nSPS) is 16.2. The fourth-order valence-electron chi connectivity index (χ4n) is 5.52. The third-order valence-corrected chi connectivity index (χ3v) is 7.91. The minimum Gasteiger partial charge on any atom is -0.496 e. The predicted octanol–water partition coefficient (Wildman–Crippen LogP) is 4.84. The van der Waals surface area contributed by atoms with Crippen LogP contribution in [0.15, 0.2) is 79.1 Å². The number of amides is 1. The van der Waals surface area contributed by atoms with E-state index in [1.54, 1.807) is 7.11 Å². The van der Waals surface area contributed by atoms with Crippen molar-refractivity contribution in [2.24, 2.45) is 0 Å². The van der Waals surface area contributed by atoms with Crippen LogP contribution >= 0.6 is 0 Å². The molecule has 244 valence electrons. The Kier molecular flexibility index (Phi) is 12.2. The van der Waals surface area contributed by atoms with Crippen molar-refractivity contribution in [2.45, 2.75) is 44.4 Å². The summed E-state index contributed by atoms with van der Waals surface area (Å²) in [5, 5.41) is 21.3. The second-order valence-corrected chi connectivity index (χ2v) is 10.9. The topological polar surface area (TPSA) is 130 Å². The summed E-state index contributed by atoms with van der Waals surface area (Å²) in [6.07, 6.45) is 2.30. The molecule has 3 aromatic carbocycles. The Bertz CT molecular complexity index is 1490. The first-order valence-corrected chi connectivity index (χ1v) is 15.5. The van der Waals surface area contributed by atoms with Gasteiger partial charge in [0.2, 0.25) is 0 Å². The van der Waals surface area contributed by atoms with Gasteiger partial charge in [-0.2, -0.15) is 4.80 Å². The van der Waals surface area contributed by atoms with Gasteiger partial charge in [0.05, 0.1) is 52.7 Å².